The second-order valence-corrected chi connectivity index (χ2v) is 23.3. The molecule has 3 aliphatic carbocycles. The van der Waals surface area contributed by atoms with Crippen LogP contribution in [0.4, 0.5) is 0 Å². The van der Waals surface area contributed by atoms with Crippen LogP contribution in [0.2, 0.25) is 16.3 Å². The normalized spacial score (nSPS) is 29.5. The first-order chi connectivity index (χ1) is 12.2. The van der Waals surface area contributed by atoms with Crippen molar-refractivity contribution in [3.63, 3.8) is 0 Å². The summed E-state index contributed by atoms with van der Waals surface area (Å²) in [6, 6.07) is 0. The summed E-state index contributed by atoms with van der Waals surface area (Å²) in [5, 5.41) is 1.60. The summed E-state index contributed by atoms with van der Waals surface area (Å²) in [4.78, 5) is 0. The topological polar surface area (TPSA) is 0 Å². The van der Waals surface area contributed by atoms with Crippen molar-refractivity contribution in [3.8, 4) is 0 Å². The van der Waals surface area contributed by atoms with Gasteiger partial charge in [0.1, 0.15) is 0 Å². The zero-order chi connectivity index (χ0) is 19.3. The molecule has 0 aliphatic heterocycles. The third-order valence-electron chi connectivity index (χ3n) is 6.24. The molecule has 0 saturated heterocycles. The van der Waals surface area contributed by atoms with Gasteiger partial charge in [-0.25, -0.2) is 0 Å². The fraction of sp³-hybridized carbons (Fsp3) is 0.476. The number of hydrogen-bond acceptors (Lipinski definition) is 0. The van der Waals surface area contributed by atoms with E-state index in [4.69, 9.17) is 28.8 Å². The average molecular weight is 591 g/mol. The van der Waals surface area contributed by atoms with E-state index in [0.29, 0.717) is 5.88 Å². The van der Waals surface area contributed by atoms with E-state index in [9.17, 15) is 0 Å². The van der Waals surface area contributed by atoms with E-state index in [1.807, 2.05) is 0 Å². The second-order valence-electron chi connectivity index (χ2n) is 8.14. The number of hydrogen-bond donors (Lipinski definition) is 0. The van der Waals surface area contributed by atoms with Gasteiger partial charge in [-0.2, -0.15) is 0 Å². The van der Waals surface area contributed by atoms with Gasteiger partial charge in [0.2, 0.25) is 0 Å². The van der Waals surface area contributed by atoms with Crippen LogP contribution >= 0.6 is 28.8 Å². The Balaban J connectivity index is 2.44. The number of rotatable bonds is 3. The fourth-order valence-corrected chi connectivity index (χ4v) is 21.1. The SMILES string of the molecule is CC1=CC=CC2=C(C(=[Si](C)C)C(C)(C)[C]2(C2=CC=CC2)[Hf]([Cl])[Cl])C1CCl. The van der Waals surface area contributed by atoms with Gasteiger partial charge in [-0.15, -0.1) is 0 Å². The molecule has 2 atom stereocenters. The first kappa shape index (κ1) is 21.2. The molecule has 2 unspecified atom stereocenters. The maximum atomic E-state index is 7.07. The monoisotopic (exact) mass is 591 g/mol. The summed E-state index contributed by atoms with van der Waals surface area (Å²) in [5.41, 5.74) is 5.54. The first-order valence-corrected chi connectivity index (χ1v) is 22.8. The Morgan fingerprint density at radius 1 is 1.19 bits per heavy atom. The van der Waals surface area contributed by atoms with E-state index in [1.54, 1.807) is 5.17 Å². The maximum absolute atomic E-state index is 7.07. The van der Waals surface area contributed by atoms with Crippen LogP contribution in [0.25, 0.3) is 0 Å². The van der Waals surface area contributed by atoms with Crippen molar-refractivity contribution in [1.82, 2.24) is 0 Å². The van der Waals surface area contributed by atoms with Crippen molar-refractivity contribution in [2.75, 3.05) is 5.88 Å². The molecule has 0 heterocycles. The van der Waals surface area contributed by atoms with Gasteiger partial charge in [0.15, 0.2) is 0 Å². The van der Waals surface area contributed by atoms with E-state index >= 15 is 0 Å². The summed E-state index contributed by atoms with van der Waals surface area (Å²) < 4.78 is -0.198. The van der Waals surface area contributed by atoms with Crippen LogP contribution in [-0.2, 0) is 19.1 Å². The van der Waals surface area contributed by atoms with E-state index in [-0.39, 0.29) is 14.5 Å². The van der Waals surface area contributed by atoms with Gasteiger partial charge in [-0.3, -0.25) is 0 Å². The molecule has 0 fully saturated rings. The molecule has 0 N–H and O–H groups in total. The van der Waals surface area contributed by atoms with Gasteiger partial charge in [-0.05, 0) is 0 Å². The van der Waals surface area contributed by atoms with E-state index in [1.165, 1.54) is 22.3 Å². The summed E-state index contributed by atoms with van der Waals surface area (Å²) in [5.74, 6) is 0.863. The molecule has 0 nitrogen and oxygen atoms in total. The van der Waals surface area contributed by atoms with Gasteiger partial charge in [0.25, 0.3) is 0 Å². The molecule has 0 aromatic carbocycles. The summed E-state index contributed by atoms with van der Waals surface area (Å²) >= 11 is 3.54. The Bertz CT molecular complexity index is 807. The van der Waals surface area contributed by atoms with Crippen molar-refractivity contribution in [1.29, 1.82) is 0 Å². The fourth-order valence-electron chi connectivity index (χ4n) is 5.27. The molecule has 3 rings (SSSR count). The van der Waals surface area contributed by atoms with Crippen LogP contribution in [0.3, 0.4) is 0 Å². The number of alkyl halides is 1. The van der Waals surface area contributed by atoms with Crippen molar-refractivity contribution >= 4 is 42.3 Å². The van der Waals surface area contributed by atoms with Crippen LogP contribution < -0.4 is 0 Å². The summed E-state index contributed by atoms with van der Waals surface area (Å²) in [6.45, 7) is 11.8. The zero-order valence-electron chi connectivity index (χ0n) is 16.1. The predicted octanol–water partition coefficient (Wildman–Crippen LogP) is 7.17. The molecule has 0 radical (unpaired) electrons. The van der Waals surface area contributed by atoms with Crippen LogP contribution in [-0.4, -0.2) is 19.5 Å². The van der Waals surface area contributed by atoms with Gasteiger partial charge in [-0.1, -0.05) is 0 Å². The van der Waals surface area contributed by atoms with Crippen LogP contribution in [0.5, 0.6) is 0 Å². The molecule has 0 saturated carbocycles. The van der Waals surface area contributed by atoms with E-state index in [2.05, 4.69) is 70.3 Å². The molecule has 0 aromatic rings. The van der Waals surface area contributed by atoms with Crippen molar-refractivity contribution < 1.29 is 19.1 Å². The predicted molar refractivity (Wildman–Crippen MR) is 117 cm³/mol. The van der Waals surface area contributed by atoms with E-state index in [0.717, 1.165) is 6.42 Å². The second kappa shape index (κ2) is 7.75. The van der Waals surface area contributed by atoms with Gasteiger partial charge in [0, 0.05) is 0 Å². The molecule has 0 aromatic heterocycles. The molecule has 0 bridgehead atoms. The quantitative estimate of drug-likeness (QED) is 0.241. The Morgan fingerprint density at radius 3 is 2.38 bits per heavy atom. The van der Waals surface area contributed by atoms with Crippen LogP contribution in [0.1, 0.15) is 27.2 Å². The zero-order valence-corrected chi connectivity index (χ0v) is 23.0. The minimum absolute atomic E-state index is 0.0504. The summed E-state index contributed by atoms with van der Waals surface area (Å²) in [7, 11) is 13.4. The van der Waals surface area contributed by atoms with Crippen LogP contribution in [0, 0.1) is 11.3 Å². The third-order valence-corrected chi connectivity index (χ3v) is 19.5. The molecule has 139 valence electrons. The molecule has 26 heavy (non-hydrogen) atoms. The molecule has 0 amide bonds. The molecule has 3 aliphatic rings. The van der Waals surface area contributed by atoms with Crippen molar-refractivity contribution in [3.05, 3.63) is 58.7 Å². The summed E-state index contributed by atoms with van der Waals surface area (Å²) in [6.07, 6.45) is 14.3. The number of halogens is 3. The Hall–Kier alpha value is 0.527. The standard InChI is InChI=1S/C21H26ClSi.2ClH.Hf/c1-14-9-8-12-16-18(17(14)13-22)20(23(4)5)21(2,3)19(16)15-10-6-7-11-15;;;/h6-10,12,17H,11,13H2,1-5H3;2*1H;/q;;;+2/p-2. The first-order valence-electron chi connectivity index (χ1n) is 9.09. The Morgan fingerprint density at radius 2 is 1.88 bits per heavy atom. The molecular weight excluding hydrogens is 565 g/mol. The van der Waals surface area contributed by atoms with Crippen molar-refractivity contribution in [2.45, 2.75) is 43.5 Å². The molecular formula is C21H26Cl3HfSi. The molecule has 0 spiro atoms. The molecule has 5 heteroatoms. The van der Waals surface area contributed by atoms with Gasteiger partial charge >= 0.3 is 181 Å². The Kier molecular flexibility index (Phi) is 6.33. The van der Waals surface area contributed by atoms with Gasteiger partial charge < -0.3 is 0 Å². The van der Waals surface area contributed by atoms with Crippen molar-refractivity contribution in [2.24, 2.45) is 11.3 Å². The van der Waals surface area contributed by atoms with E-state index < -0.39 is 27.5 Å². The average Bonchev–Trinajstić information content (AvgIpc) is 3.08. The number of allylic oxidation sites excluding steroid dienone is 10. The Labute approximate surface area is 179 Å². The minimum atomic E-state index is -2.99. The third kappa shape index (κ3) is 2.89. The van der Waals surface area contributed by atoms with Crippen LogP contribution in [0.15, 0.2) is 58.7 Å². The van der Waals surface area contributed by atoms with Gasteiger partial charge in [0.05, 0.1) is 0 Å².